The Morgan fingerprint density at radius 1 is 1.31 bits per heavy atom. The van der Waals surface area contributed by atoms with Crippen molar-refractivity contribution in [1.29, 1.82) is 0 Å². The van der Waals surface area contributed by atoms with Gasteiger partial charge in [-0.3, -0.25) is 4.98 Å². The zero-order valence-electron chi connectivity index (χ0n) is 7.20. The van der Waals surface area contributed by atoms with Crippen LogP contribution in [0.3, 0.4) is 0 Å². The lowest BCUT2D eigenvalue weighted by molar-refractivity contribution is 1.40. The number of nitrogens with zero attached hydrogens (tertiary/aromatic N) is 1. The molecule has 0 saturated heterocycles. The molecule has 0 fully saturated rings. The highest BCUT2D eigenvalue weighted by molar-refractivity contribution is 5.80. The van der Waals surface area contributed by atoms with E-state index in [0.717, 1.165) is 16.5 Å². The summed E-state index contributed by atoms with van der Waals surface area (Å²) in [5.41, 5.74) is 4.79. The van der Waals surface area contributed by atoms with E-state index in [-0.39, 0.29) is 0 Å². The summed E-state index contributed by atoms with van der Waals surface area (Å²) in [6.07, 6.45) is 3.64. The van der Waals surface area contributed by atoms with Gasteiger partial charge in [0, 0.05) is 17.1 Å². The number of benzene rings is 1. The van der Waals surface area contributed by atoms with Crippen molar-refractivity contribution in [3.05, 3.63) is 54.4 Å². The molecule has 0 unspecified atom stereocenters. The van der Waals surface area contributed by atoms with Gasteiger partial charge in [0.05, 0.1) is 5.52 Å². The largest absolute Gasteiger partial charge is 0.256 e. The summed E-state index contributed by atoms with van der Waals surface area (Å²) < 4.78 is 0. The zero-order valence-corrected chi connectivity index (χ0v) is 7.20. The fraction of sp³-hybridized carbons (Fsp3) is 0. The van der Waals surface area contributed by atoms with Gasteiger partial charge in [-0.2, -0.15) is 0 Å². The molecular weight excluding hydrogens is 158 g/mol. The van der Waals surface area contributed by atoms with Gasteiger partial charge in [-0.15, -0.1) is 5.73 Å². The van der Waals surface area contributed by atoms with Gasteiger partial charge in [-0.05, 0) is 18.2 Å². The third kappa shape index (κ3) is 1.51. The van der Waals surface area contributed by atoms with Crippen molar-refractivity contribution in [3.8, 4) is 0 Å². The molecule has 2 rings (SSSR count). The molecule has 0 atom stereocenters. The standard InChI is InChI=1S/C12H9N/c1-2-5-10-8-11-6-3-4-7-12(11)13-9-10/h3-9H,1H2. The molecule has 13 heavy (non-hydrogen) atoms. The van der Waals surface area contributed by atoms with Crippen molar-refractivity contribution in [2.24, 2.45) is 0 Å². The predicted octanol–water partition coefficient (Wildman–Crippen LogP) is 3.03. The summed E-state index contributed by atoms with van der Waals surface area (Å²) in [7, 11) is 0. The second-order valence-electron chi connectivity index (χ2n) is 2.81. The molecule has 1 aromatic carbocycles. The molecule has 0 radical (unpaired) electrons. The van der Waals surface area contributed by atoms with E-state index < -0.39 is 0 Å². The van der Waals surface area contributed by atoms with Crippen LogP contribution in [0, 0.1) is 0 Å². The molecule has 0 amide bonds. The number of hydrogen-bond acceptors (Lipinski definition) is 1. The monoisotopic (exact) mass is 167 g/mol. The van der Waals surface area contributed by atoms with Crippen LogP contribution in [0.2, 0.25) is 0 Å². The summed E-state index contributed by atoms with van der Waals surface area (Å²) in [6, 6.07) is 10.1. The van der Waals surface area contributed by atoms with Gasteiger partial charge in [-0.1, -0.05) is 24.8 Å². The number of aromatic nitrogens is 1. The third-order valence-electron chi connectivity index (χ3n) is 1.88. The normalized spacial score (nSPS) is 9.54. The molecule has 0 aliphatic carbocycles. The fourth-order valence-electron chi connectivity index (χ4n) is 1.28. The van der Waals surface area contributed by atoms with Crippen molar-refractivity contribution in [2.75, 3.05) is 0 Å². The highest BCUT2D eigenvalue weighted by atomic mass is 14.6. The molecule has 1 nitrogen and oxygen atoms in total. The van der Waals surface area contributed by atoms with Crippen LogP contribution in [0.15, 0.2) is 48.8 Å². The number of para-hydroxylation sites is 1. The topological polar surface area (TPSA) is 12.9 Å². The van der Waals surface area contributed by atoms with Crippen LogP contribution < -0.4 is 0 Å². The first-order valence-electron chi connectivity index (χ1n) is 4.11. The summed E-state index contributed by atoms with van der Waals surface area (Å²) >= 11 is 0. The van der Waals surface area contributed by atoms with Crippen LogP contribution in [-0.4, -0.2) is 4.98 Å². The minimum Gasteiger partial charge on any atom is -0.256 e. The molecule has 1 heterocycles. The molecule has 2 aromatic rings. The van der Waals surface area contributed by atoms with Gasteiger partial charge in [0.2, 0.25) is 0 Å². The van der Waals surface area contributed by atoms with Gasteiger partial charge in [0.15, 0.2) is 0 Å². The Hall–Kier alpha value is -1.85. The fourth-order valence-corrected chi connectivity index (χ4v) is 1.28. The Bertz CT molecular complexity index is 479. The summed E-state index contributed by atoms with van der Waals surface area (Å²) in [4.78, 5) is 4.30. The van der Waals surface area contributed by atoms with E-state index in [1.807, 2.05) is 36.5 Å². The molecular formula is C12H9N. The molecule has 0 aliphatic rings. The van der Waals surface area contributed by atoms with E-state index >= 15 is 0 Å². The average molecular weight is 167 g/mol. The quantitative estimate of drug-likeness (QED) is 0.595. The number of hydrogen-bond donors (Lipinski definition) is 0. The van der Waals surface area contributed by atoms with Gasteiger partial charge < -0.3 is 0 Å². The third-order valence-corrected chi connectivity index (χ3v) is 1.88. The lowest BCUT2D eigenvalue weighted by Gasteiger charge is -1.96. The summed E-state index contributed by atoms with van der Waals surface area (Å²) in [6.45, 7) is 3.53. The van der Waals surface area contributed by atoms with Crippen LogP contribution in [-0.2, 0) is 0 Å². The lowest BCUT2D eigenvalue weighted by atomic mass is 10.1. The second kappa shape index (κ2) is 3.26. The summed E-state index contributed by atoms with van der Waals surface area (Å²) in [5, 5.41) is 1.14. The zero-order chi connectivity index (χ0) is 9.10. The first-order valence-corrected chi connectivity index (χ1v) is 4.11. The maximum absolute atomic E-state index is 4.30. The van der Waals surface area contributed by atoms with Crippen LogP contribution in [0.1, 0.15) is 5.56 Å². The van der Waals surface area contributed by atoms with Gasteiger partial charge in [0.1, 0.15) is 0 Å². The maximum Gasteiger partial charge on any atom is 0.0702 e. The molecule has 1 aromatic heterocycles. The van der Waals surface area contributed by atoms with Crippen LogP contribution in [0.25, 0.3) is 17.0 Å². The number of fused-ring (bicyclic) bond motifs is 1. The van der Waals surface area contributed by atoms with Crippen molar-refractivity contribution in [2.45, 2.75) is 0 Å². The van der Waals surface area contributed by atoms with Gasteiger partial charge in [-0.25, -0.2) is 0 Å². The first-order chi connectivity index (χ1) is 6.40. The Morgan fingerprint density at radius 3 is 3.00 bits per heavy atom. The smallest absolute Gasteiger partial charge is 0.0702 e. The Kier molecular flexibility index (Phi) is 1.95. The van der Waals surface area contributed by atoms with Crippen molar-refractivity contribution >= 4 is 17.0 Å². The number of pyridine rings is 1. The molecule has 0 bridgehead atoms. The van der Waals surface area contributed by atoms with Crippen molar-refractivity contribution in [1.82, 2.24) is 4.98 Å². The minimum atomic E-state index is 1.02. The first kappa shape index (κ1) is 7.78. The molecule has 1 heteroatoms. The molecule has 0 spiro atoms. The molecule has 0 saturated carbocycles. The van der Waals surface area contributed by atoms with E-state index in [2.05, 4.69) is 23.4 Å². The van der Waals surface area contributed by atoms with Crippen molar-refractivity contribution in [3.63, 3.8) is 0 Å². The van der Waals surface area contributed by atoms with E-state index in [4.69, 9.17) is 0 Å². The van der Waals surface area contributed by atoms with Gasteiger partial charge in [0.25, 0.3) is 0 Å². The highest BCUT2D eigenvalue weighted by Gasteiger charge is 1.92. The van der Waals surface area contributed by atoms with Crippen LogP contribution >= 0.6 is 0 Å². The molecule has 0 N–H and O–H groups in total. The van der Waals surface area contributed by atoms with Crippen molar-refractivity contribution < 1.29 is 0 Å². The van der Waals surface area contributed by atoms with E-state index in [1.165, 1.54) is 0 Å². The van der Waals surface area contributed by atoms with E-state index in [0.29, 0.717) is 0 Å². The Labute approximate surface area is 77.0 Å². The average Bonchev–Trinajstić information content (AvgIpc) is 2.18. The molecule has 62 valence electrons. The number of rotatable bonds is 1. The van der Waals surface area contributed by atoms with E-state index in [1.54, 1.807) is 0 Å². The van der Waals surface area contributed by atoms with Crippen LogP contribution in [0.4, 0.5) is 0 Å². The minimum absolute atomic E-state index is 1.02. The maximum atomic E-state index is 4.30. The van der Waals surface area contributed by atoms with Gasteiger partial charge >= 0.3 is 0 Å². The SMILES string of the molecule is C=C=Cc1cnc2ccccc2c1. The predicted molar refractivity (Wildman–Crippen MR) is 55.3 cm³/mol. The van der Waals surface area contributed by atoms with E-state index in [9.17, 15) is 0 Å². The lowest BCUT2D eigenvalue weighted by Crippen LogP contribution is -1.79. The second-order valence-corrected chi connectivity index (χ2v) is 2.81. The Balaban J connectivity index is 2.68. The molecule has 0 aliphatic heterocycles. The highest BCUT2D eigenvalue weighted by Crippen LogP contribution is 2.12. The Morgan fingerprint density at radius 2 is 2.15 bits per heavy atom. The summed E-state index contributed by atoms with van der Waals surface area (Å²) in [5.74, 6) is 0. The van der Waals surface area contributed by atoms with Crippen LogP contribution in [0.5, 0.6) is 0 Å².